The lowest BCUT2D eigenvalue weighted by Gasteiger charge is -2.34. The minimum atomic E-state index is -0.713. The molecular formula is C19H23BN2O4. The summed E-state index contributed by atoms with van der Waals surface area (Å²) in [6.45, 7) is 4.65. The van der Waals surface area contributed by atoms with Crippen LogP contribution in [-0.4, -0.2) is 41.4 Å². The molecule has 0 unspecified atom stereocenters. The quantitative estimate of drug-likeness (QED) is 0.855. The molecule has 136 valence electrons. The number of ether oxygens (including phenoxy) is 2. The van der Waals surface area contributed by atoms with E-state index in [0.717, 1.165) is 46.9 Å². The third-order valence-electron chi connectivity index (χ3n) is 5.12. The highest BCUT2D eigenvalue weighted by Crippen LogP contribution is 2.44. The predicted molar refractivity (Wildman–Crippen MR) is 98.5 cm³/mol. The van der Waals surface area contributed by atoms with Crippen LogP contribution >= 0.6 is 0 Å². The summed E-state index contributed by atoms with van der Waals surface area (Å²) in [5, 5.41) is 9.61. The lowest BCUT2D eigenvalue weighted by molar-refractivity contribution is 0.0806. The monoisotopic (exact) mass is 354 g/mol. The summed E-state index contributed by atoms with van der Waals surface area (Å²) >= 11 is 0. The lowest BCUT2D eigenvalue weighted by atomic mass is 9.81. The molecule has 6 nitrogen and oxygen atoms in total. The van der Waals surface area contributed by atoms with E-state index in [-0.39, 0.29) is 11.5 Å². The SMILES string of the molecule is COc1ccc(-c2cncc([C@H]3COB(O)C3)n2)c2c1OC(C)(C)CC2. The molecule has 0 bridgehead atoms. The van der Waals surface area contributed by atoms with Crippen molar-refractivity contribution in [3.05, 3.63) is 35.8 Å². The van der Waals surface area contributed by atoms with E-state index >= 15 is 0 Å². The van der Waals surface area contributed by atoms with E-state index in [4.69, 9.17) is 19.1 Å². The van der Waals surface area contributed by atoms with Crippen molar-refractivity contribution in [1.29, 1.82) is 0 Å². The van der Waals surface area contributed by atoms with Gasteiger partial charge in [-0.2, -0.15) is 0 Å². The first kappa shape index (κ1) is 17.3. The van der Waals surface area contributed by atoms with E-state index in [0.29, 0.717) is 12.9 Å². The Kier molecular flexibility index (Phi) is 4.36. The van der Waals surface area contributed by atoms with E-state index in [1.165, 1.54) is 0 Å². The van der Waals surface area contributed by atoms with Gasteiger partial charge in [-0.25, -0.2) is 4.98 Å². The molecule has 2 aliphatic rings. The second-order valence-electron chi connectivity index (χ2n) is 7.53. The van der Waals surface area contributed by atoms with Crippen LogP contribution in [0.4, 0.5) is 0 Å². The number of fused-ring (bicyclic) bond motifs is 1. The van der Waals surface area contributed by atoms with Gasteiger partial charge in [0, 0.05) is 29.8 Å². The van der Waals surface area contributed by atoms with E-state index in [1.54, 1.807) is 19.5 Å². The molecule has 1 N–H and O–H groups in total. The number of benzene rings is 1. The molecule has 1 aromatic heterocycles. The molecule has 0 aliphatic carbocycles. The van der Waals surface area contributed by atoms with Crippen LogP contribution in [0.2, 0.25) is 6.32 Å². The number of nitrogens with zero attached hydrogens (tertiary/aromatic N) is 2. The molecule has 2 aromatic rings. The number of aromatic nitrogens is 2. The molecule has 0 spiro atoms. The maximum atomic E-state index is 9.61. The maximum Gasteiger partial charge on any atom is 0.454 e. The smallest absolute Gasteiger partial charge is 0.454 e. The Morgan fingerprint density at radius 1 is 1.31 bits per heavy atom. The number of methoxy groups -OCH3 is 1. The number of rotatable bonds is 3. The molecule has 3 heterocycles. The van der Waals surface area contributed by atoms with E-state index < -0.39 is 7.12 Å². The number of hydrogen-bond donors (Lipinski definition) is 1. The van der Waals surface area contributed by atoms with Crippen LogP contribution in [-0.2, 0) is 11.1 Å². The lowest BCUT2D eigenvalue weighted by Crippen LogP contribution is -2.33. The Balaban J connectivity index is 1.75. The largest absolute Gasteiger partial charge is 0.493 e. The van der Waals surface area contributed by atoms with E-state index in [2.05, 4.69) is 18.8 Å². The van der Waals surface area contributed by atoms with Gasteiger partial charge in [0.25, 0.3) is 0 Å². The van der Waals surface area contributed by atoms with Gasteiger partial charge in [-0.1, -0.05) is 0 Å². The van der Waals surface area contributed by atoms with Gasteiger partial charge in [0.15, 0.2) is 11.5 Å². The Labute approximate surface area is 153 Å². The summed E-state index contributed by atoms with van der Waals surface area (Å²) in [5.74, 6) is 1.61. The first-order chi connectivity index (χ1) is 12.5. The normalized spacial score (nSPS) is 21.2. The van der Waals surface area contributed by atoms with Gasteiger partial charge < -0.3 is 19.2 Å². The van der Waals surface area contributed by atoms with Gasteiger partial charge in [-0.05, 0) is 45.1 Å². The van der Waals surface area contributed by atoms with Crippen molar-refractivity contribution in [2.75, 3.05) is 13.7 Å². The first-order valence-corrected chi connectivity index (χ1v) is 8.98. The highest BCUT2D eigenvalue weighted by atomic mass is 16.5. The predicted octanol–water partition coefficient (Wildman–Crippen LogP) is 2.85. The summed E-state index contributed by atoms with van der Waals surface area (Å²) in [4.78, 5) is 9.19. The van der Waals surface area contributed by atoms with Crippen molar-refractivity contribution in [3.8, 4) is 22.8 Å². The maximum absolute atomic E-state index is 9.61. The zero-order chi connectivity index (χ0) is 18.3. The van der Waals surface area contributed by atoms with Crippen LogP contribution in [0.15, 0.2) is 24.5 Å². The van der Waals surface area contributed by atoms with Gasteiger partial charge in [-0.3, -0.25) is 4.98 Å². The highest BCUT2D eigenvalue weighted by molar-refractivity contribution is 6.43. The summed E-state index contributed by atoms with van der Waals surface area (Å²) in [6, 6.07) is 3.94. The van der Waals surface area contributed by atoms with Crippen LogP contribution in [0.25, 0.3) is 11.3 Å². The van der Waals surface area contributed by atoms with Gasteiger partial charge in [0.2, 0.25) is 0 Å². The fourth-order valence-corrected chi connectivity index (χ4v) is 3.64. The van der Waals surface area contributed by atoms with Gasteiger partial charge >= 0.3 is 7.12 Å². The second-order valence-corrected chi connectivity index (χ2v) is 7.53. The summed E-state index contributed by atoms with van der Waals surface area (Å²) in [7, 11) is 0.946. The van der Waals surface area contributed by atoms with Crippen LogP contribution in [0.1, 0.15) is 37.4 Å². The van der Waals surface area contributed by atoms with Gasteiger partial charge in [-0.15, -0.1) is 0 Å². The highest BCUT2D eigenvalue weighted by Gasteiger charge is 2.33. The van der Waals surface area contributed by atoms with Crippen LogP contribution in [0, 0.1) is 0 Å². The Morgan fingerprint density at radius 3 is 2.88 bits per heavy atom. The van der Waals surface area contributed by atoms with E-state index in [1.807, 2.05) is 12.1 Å². The molecule has 1 atom stereocenters. The Bertz CT molecular complexity index is 827. The minimum absolute atomic E-state index is 0.0710. The summed E-state index contributed by atoms with van der Waals surface area (Å²) < 4.78 is 17.0. The topological polar surface area (TPSA) is 73.7 Å². The minimum Gasteiger partial charge on any atom is -0.493 e. The van der Waals surface area contributed by atoms with Crippen LogP contribution in [0.5, 0.6) is 11.5 Å². The average molecular weight is 354 g/mol. The van der Waals surface area contributed by atoms with Crippen molar-refractivity contribution in [2.45, 2.75) is 44.5 Å². The Hall–Kier alpha value is -2.12. The zero-order valence-electron chi connectivity index (χ0n) is 15.4. The summed E-state index contributed by atoms with van der Waals surface area (Å²) in [6.07, 6.45) is 5.90. The fraction of sp³-hybridized carbons (Fsp3) is 0.474. The van der Waals surface area contributed by atoms with Crippen LogP contribution in [0.3, 0.4) is 0 Å². The molecule has 0 amide bonds. The average Bonchev–Trinajstić information content (AvgIpc) is 3.06. The third kappa shape index (κ3) is 3.17. The fourth-order valence-electron chi connectivity index (χ4n) is 3.64. The first-order valence-electron chi connectivity index (χ1n) is 8.98. The molecule has 1 aromatic carbocycles. The van der Waals surface area contributed by atoms with Gasteiger partial charge in [0.1, 0.15) is 5.60 Å². The van der Waals surface area contributed by atoms with Crippen molar-refractivity contribution in [1.82, 2.24) is 9.97 Å². The molecule has 1 fully saturated rings. The summed E-state index contributed by atoms with van der Waals surface area (Å²) in [5.41, 5.74) is 3.57. The van der Waals surface area contributed by atoms with Crippen molar-refractivity contribution in [2.24, 2.45) is 0 Å². The molecule has 4 rings (SSSR count). The Morgan fingerprint density at radius 2 is 2.15 bits per heavy atom. The molecule has 2 aliphatic heterocycles. The van der Waals surface area contributed by atoms with Crippen molar-refractivity contribution < 1.29 is 19.2 Å². The second kappa shape index (κ2) is 6.56. The molecular weight excluding hydrogens is 331 g/mol. The van der Waals surface area contributed by atoms with Crippen molar-refractivity contribution >= 4 is 7.12 Å². The number of hydrogen-bond acceptors (Lipinski definition) is 6. The standard InChI is InChI=1S/C19H23BN2O4/c1-19(2)7-6-14-13(4-5-17(24-3)18(14)26-19)16-10-21-9-15(22-16)12-8-20(23)25-11-12/h4-5,9-10,12,23H,6-8,11H2,1-3H3/t12-/m1/s1. The van der Waals surface area contributed by atoms with Crippen LogP contribution < -0.4 is 9.47 Å². The molecule has 7 heteroatoms. The van der Waals surface area contributed by atoms with Gasteiger partial charge in [0.05, 0.1) is 24.7 Å². The third-order valence-corrected chi connectivity index (χ3v) is 5.12. The molecule has 26 heavy (non-hydrogen) atoms. The molecule has 0 saturated carbocycles. The molecule has 0 radical (unpaired) electrons. The zero-order valence-corrected chi connectivity index (χ0v) is 15.4. The molecule has 1 saturated heterocycles. The van der Waals surface area contributed by atoms with Crippen molar-refractivity contribution in [3.63, 3.8) is 0 Å². The van der Waals surface area contributed by atoms with E-state index in [9.17, 15) is 5.02 Å².